The fraction of sp³-hybridized carbons (Fsp3) is 0.533. The van der Waals surface area contributed by atoms with Crippen molar-refractivity contribution in [2.75, 3.05) is 5.32 Å². The normalized spacial score (nSPS) is 12.1. The molecule has 1 atom stereocenters. The Balaban J connectivity index is 2.48. The Labute approximate surface area is 104 Å². The quantitative estimate of drug-likeness (QED) is 0.687. The van der Waals surface area contributed by atoms with Gasteiger partial charge in [0, 0.05) is 18.2 Å². The molecule has 0 aliphatic heterocycles. The SMILES string of the molecule is CCCCCC(CC(C)=O)Nc1ccccc1. The van der Waals surface area contributed by atoms with Gasteiger partial charge in [-0.2, -0.15) is 0 Å². The Morgan fingerprint density at radius 3 is 2.53 bits per heavy atom. The molecule has 2 heteroatoms. The summed E-state index contributed by atoms with van der Waals surface area (Å²) >= 11 is 0. The number of para-hydroxylation sites is 1. The maximum Gasteiger partial charge on any atom is 0.131 e. The number of benzene rings is 1. The van der Waals surface area contributed by atoms with E-state index in [4.69, 9.17) is 0 Å². The summed E-state index contributed by atoms with van der Waals surface area (Å²) < 4.78 is 0. The number of anilines is 1. The van der Waals surface area contributed by atoms with Gasteiger partial charge < -0.3 is 5.32 Å². The van der Waals surface area contributed by atoms with Gasteiger partial charge in [0.05, 0.1) is 0 Å². The van der Waals surface area contributed by atoms with Crippen molar-refractivity contribution < 1.29 is 4.79 Å². The minimum Gasteiger partial charge on any atom is -0.382 e. The molecule has 0 spiro atoms. The number of nitrogens with one attached hydrogen (secondary N) is 1. The van der Waals surface area contributed by atoms with Crippen LogP contribution in [0.1, 0.15) is 46.0 Å². The lowest BCUT2D eigenvalue weighted by Crippen LogP contribution is -2.22. The van der Waals surface area contributed by atoms with E-state index in [1.807, 2.05) is 30.3 Å². The van der Waals surface area contributed by atoms with Gasteiger partial charge in [-0.3, -0.25) is 4.79 Å². The van der Waals surface area contributed by atoms with Gasteiger partial charge in [-0.05, 0) is 25.5 Å². The van der Waals surface area contributed by atoms with Crippen LogP contribution in [0, 0.1) is 0 Å². The van der Waals surface area contributed by atoms with Gasteiger partial charge in [-0.15, -0.1) is 0 Å². The fourth-order valence-electron chi connectivity index (χ4n) is 1.98. The van der Waals surface area contributed by atoms with Crippen molar-refractivity contribution in [1.29, 1.82) is 0 Å². The van der Waals surface area contributed by atoms with E-state index in [1.165, 1.54) is 19.3 Å². The maximum atomic E-state index is 11.2. The molecule has 0 aromatic heterocycles. The van der Waals surface area contributed by atoms with E-state index in [9.17, 15) is 4.79 Å². The molecule has 0 radical (unpaired) electrons. The third-order valence-corrected chi connectivity index (χ3v) is 2.83. The molecule has 94 valence electrons. The molecular formula is C15H23NO. The molecule has 0 aliphatic carbocycles. The molecule has 0 saturated carbocycles. The number of carbonyl (C=O) groups excluding carboxylic acids is 1. The first-order chi connectivity index (χ1) is 8.22. The topological polar surface area (TPSA) is 29.1 Å². The number of ketones is 1. The number of hydrogen-bond donors (Lipinski definition) is 1. The molecule has 1 N–H and O–H groups in total. The molecule has 1 unspecified atom stereocenters. The molecule has 1 aromatic rings. The largest absolute Gasteiger partial charge is 0.382 e. The van der Waals surface area contributed by atoms with Gasteiger partial charge in [0.15, 0.2) is 0 Å². The third-order valence-electron chi connectivity index (χ3n) is 2.83. The van der Waals surface area contributed by atoms with E-state index in [0.29, 0.717) is 6.42 Å². The lowest BCUT2D eigenvalue weighted by Gasteiger charge is -2.18. The van der Waals surface area contributed by atoms with Gasteiger partial charge in [0.1, 0.15) is 5.78 Å². The Hall–Kier alpha value is -1.31. The highest BCUT2D eigenvalue weighted by atomic mass is 16.1. The summed E-state index contributed by atoms with van der Waals surface area (Å²) in [4.78, 5) is 11.2. The van der Waals surface area contributed by atoms with Crippen LogP contribution in [0.3, 0.4) is 0 Å². The Bertz CT molecular complexity index is 321. The van der Waals surface area contributed by atoms with Gasteiger partial charge in [0.25, 0.3) is 0 Å². The standard InChI is InChI=1S/C15H23NO/c1-3-4-6-11-15(12-13(2)17)16-14-9-7-5-8-10-14/h5,7-10,15-16H,3-4,6,11-12H2,1-2H3. The van der Waals surface area contributed by atoms with E-state index < -0.39 is 0 Å². The predicted molar refractivity (Wildman–Crippen MR) is 73.3 cm³/mol. The number of hydrogen-bond acceptors (Lipinski definition) is 2. The van der Waals surface area contributed by atoms with Crippen LogP contribution in [0.15, 0.2) is 30.3 Å². The van der Waals surface area contributed by atoms with E-state index in [-0.39, 0.29) is 11.8 Å². The first-order valence-corrected chi connectivity index (χ1v) is 6.53. The number of Topliss-reactive ketones (excluding diaryl/α,β-unsaturated/α-hetero) is 1. The lowest BCUT2D eigenvalue weighted by atomic mass is 10.0. The van der Waals surface area contributed by atoms with Crippen LogP contribution in [0.4, 0.5) is 5.69 Å². The van der Waals surface area contributed by atoms with Crippen LogP contribution >= 0.6 is 0 Å². The van der Waals surface area contributed by atoms with E-state index in [2.05, 4.69) is 12.2 Å². The molecule has 0 fully saturated rings. The Kier molecular flexibility index (Phi) is 6.38. The van der Waals surface area contributed by atoms with Gasteiger partial charge in [0.2, 0.25) is 0 Å². The van der Waals surface area contributed by atoms with Gasteiger partial charge in [-0.25, -0.2) is 0 Å². The molecule has 1 aromatic carbocycles. The summed E-state index contributed by atoms with van der Waals surface area (Å²) in [6, 6.07) is 10.4. The smallest absolute Gasteiger partial charge is 0.131 e. The molecule has 0 amide bonds. The minimum atomic E-state index is 0.259. The molecule has 0 heterocycles. The Morgan fingerprint density at radius 1 is 1.24 bits per heavy atom. The molecule has 0 aliphatic rings. The molecule has 1 rings (SSSR count). The summed E-state index contributed by atoms with van der Waals surface area (Å²) in [5.41, 5.74) is 1.11. The van der Waals surface area contributed by atoms with Crippen molar-refractivity contribution in [1.82, 2.24) is 0 Å². The van der Waals surface area contributed by atoms with E-state index in [0.717, 1.165) is 12.1 Å². The summed E-state index contributed by atoms with van der Waals surface area (Å²) in [5.74, 6) is 0.259. The maximum absolute atomic E-state index is 11.2. The molecule has 0 bridgehead atoms. The first kappa shape index (κ1) is 13.8. The highest BCUT2D eigenvalue weighted by molar-refractivity contribution is 5.76. The second kappa shape index (κ2) is 7.88. The van der Waals surface area contributed by atoms with Crippen LogP contribution in [-0.4, -0.2) is 11.8 Å². The lowest BCUT2D eigenvalue weighted by molar-refractivity contribution is -0.117. The first-order valence-electron chi connectivity index (χ1n) is 6.53. The summed E-state index contributed by atoms with van der Waals surface area (Å²) in [7, 11) is 0. The van der Waals surface area contributed by atoms with Crippen molar-refractivity contribution in [2.24, 2.45) is 0 Å². The van der Waals surface area contributed by atoms with Crippen molar-refractivity contribution >= 4 is 11.5 Å². The average molecular weight is 233 g/mol. The van der Waals surface area contributed by atoms with Crippen LogP contribution in [0.25, 0.3) is 0 Å². The second-order valence-corrected chi connectivity index (χ2v) is 4.61. The average Bonchev–Trinajstić information content (AvgIpc) is 2.30. The monoisotopic (exact) mass is 233 g/mol. The Morgan fingerprint density at radius 2 is 1.94 bits per heavy atom. The number of unbranched alkanes of at least 4 members (excludes halogenated alkanes) is 2. The predicted octanol–water partition coefficient (Wildman–Crippen LogP) is 4.03. The zero-order chi connectivity index (χ0) is 12.5. The fourth-order valence-corrected chi connectivity index (χ4v) is 1.98. The third kappa shape index (κ3) is 6.10. The second-order valence-electron chi connectivity index (χ2n) is 4.61. The summed E-state index contributed by atoms with van der Waals surface area (Å²) in [5, 5.41) is 3.45. The van der Waals surface area contributed by atoms with Crippen molar-refractivity contribution in [3.05, 3.63) is 30.3 Å². The van der Waals surface area contributed by atoms with E-state index in [1.54, 1.807) is 6.92 Å². The van der Waals surface area contributed by atoms with Crippen LogP contribution in [0.5, 0.6) is 0 Å². The molecule has 0 saturated heterocycles. The van der Waals surface area contributed by atoms with Crippen LogP contribution < -0.4 is 5.32 Å². The molecule has 2 nitrogen and oxygen atoms in total. The summed E-state index contributed by atoms with van der Waals surface area (Å²) in [6.07, 6.45) is 5.35. The highest BCUT2D eigenvalue weighted by Gasteiger charge is 2.10. The minimum absolute atomic E-state index is 0.259. The molecule has 17 heavy (non-hydrogen) atoms. The van der Waals surface area contributed by atoms with Crippen LogP contribution in [0.2, 0.25) is 0 Å². The van der Waals surface area contributed by atoms with Gasteiger partial charge >= 0.3 is 0 Å². The number of carbonyl (C=O) groups is 1. The van der Waals surface area contributed by atoms with Crippen molar-refractivity contribution in [3.8, 4) is 0 Å². The zero-order valence-corrected chi connectivity index (χ0v) is 10.9. The van der Waals surface area contributed by atoms with Crippen molar-refractivity contribution in [2.45, 2.75) is 52.0 Å². The van der Waals surface area contributed by atoms with Crippen LogP contribution in [-0.2, 0) is 4.79 Å². The number of rotatable bonds is 8. The summed E-state index contributed by atoms with van der Waals surface area (Å²) in [6.45, 7) is 3.87. The molecular weight excluding hydrogens is 210 g/mol. The van der Waals surface area contributed by atoms with E-state index >= 15 is 0 Å². The van der Waals surface area contributed by atoms with Crippen molar-refractivity contribution in [3.63, 3.8) is 0 Å². The zero-order valence-electron chi connectivity index (χ0n) is 10.9. The van der Waals surface area contributed by atoms with Gasteiger partial charge in [-0.1, -0.05) is 44.4 Å². The highest BCUT2D eigenvalue weighted by Crippen LogP contribution is 2.14.